The van der Waals surface area contributed by atoms with Crippen molar-refractivity contribution in [3.63, 3.8) is 0 Å². The molecule has 0 aliphatic carbocycles. The fraction of sp³-hybridized carbons (Fsp3) is 0.750. The largest absolute Gasteiger partial charge is 0.444 e. The topological polar surface area (TPSA) is 79.2 Å². The predicted octanol–water partition coefficient (Wildman–Crippen LogP) is 0.709. The van der Waals surface area contributed by atoms with Crippen LogP contribution in [0.5, 0.6) is 0 Å². The van der Waals surface area contributed by atoms with Crippen LogP contribution in [0.15, 0.2) is 0 Å². The summed E-state index contributed by atoms with van der Waals surface area (Å²) in [5, 5.41) is 2.24. The molecule has 1 unspecified atom stereocenters. The maximum Gasteiger partial charge on any atom is 0.408 e. The molecule has 2 N–H and O–H groups in total. The Hall–Kier alpha value is -1.26. The van der Waals surface area contributed by atoms with Gasteiger partial charge in [0.05, 0.1) is 0 Å². The number of rotatable bonds is 2. The molecule has 0 spiro atoms. The number of hydrogen-bond donors (Lipinski definition) is 1. The standard InChI is InChI=1S/C8H15N2O3/c1-5(6(9)11)10-7(12)13-8(2,3)4/h5,9H,1-4H3,(H,10,12). The van der Waals surface area contributed by atoms with Crippen LogP contribution >= 0.6 is 0 Å². The summed E-state index contributed by atoms with van der Waals surface area (Å²) in [5.74, 6) is -0.842. The summed E-state index contributed by atoms with van der Waals surface area (Å²) in [6, 6.07) is -0.824. The highest BCUT2D eigenvalue weighted by molar-refractivity contribution is 5.83. The quantitative estimate of drug-likeness (QED) is 0.691. The lowest BCUT2D eigenvalue weighted by Crippen LogP contribution is -2.42. The van der Waals surface area contributed by atoms with Crippen LogP contribution < -0.4 is 11.1 Å². The Balaban J connectivity index is 3.96. The Labute approximate surface area is 77.6 Å². The van der Waals surface area contributed by atoms with Crippen LogP contribution in [0.1, 0.15) is 27.7 Å². The van der Waals surface area contributed by atoms with Crippen molar-refractivity contribution < 1.29 is 14.3 Å². The molecule has 0 aromatic rings. The fourth-order valence-corrected chi connectivity index (χ4v) is 0.550. The van der Waals surface area contributed by atoms with Crippen LogP contribution in [0.4, 0.5) is 4.79 Å². The molecule has 0 fully saturated rings. The van der Waals surface area contributed by atoms with Gasteiger partial charge in [-0.1, -0.05) is 0 Å². The number of carbonyl (C=O) groups excluding carboxylic acids is 2. The average molecular weight is 187 g/mol. The fourth-order valence-electron chi connectivity index (χ4n) is 0.550. The molecule has 0 heterocycles. The van der Waals surface area contributed by atoms with Crippen LogP contribution in [-0.4, -0.2) is 23.6 Å². The lowest BCUT2D eigenvalue weighted by Gasteiger charge is -2.20. The van der Waals surface area contributed by atoms with Gasteiger partial charge in [-0.15, -0.1) is 0 Å². The predicted molar refractivity (Wildman–Crippen MR) is 46.9 cm³/mol. The second kappa shape index (κ2) is 4.11. The molecule has 75 valence electrons. The lowest BCUT2D eigenvalue weighted by molar-refractivity contribution is -0.120. The molecule has 13 heavy (non-hydrogen) atoms. The zero-order valence-electron chi connectivity index (χ0n) is 8.30. The van der Waals surface area contributed by atoms with Crippen molar-refractivity contribution in [3.8, 4) is 0 Å². The van der Waals surface area contributed by atoms with E-state index in [4.69, 9.17) is 10.5 Å². The third-order valence-electron chi connectivity index (χ3n) is 1.13. The zero-order chi connectivity index (χ0) is 10.6. The van der Waals surface area contributed by atoms with Gasteiger partial charge >= 0.3 is 6.09 Å². The first-order chi connectivity index (χ1) is 5.72. The smallest absolute Gasteiger partial charge is 0.408 e. The molecule has 0 aromatic heterocycles. The highest BCUT2D eigenvalue weighted by atomic mass is 16.6. The molecule has 1 atom stereocenters. The van der Waals surface area contributed by atoms with E-state index in [1.807, 2.05) is 0 Å². The maximum atomic E-state index is 11.0. The van der Waals surface area contributed by atoms with Gasteiger partial charge in [0.25, 0.3) is 5.91 Å². The van der Waals surface area contributed by atoms with E-state index in [-0.39, 0.29) is 0 Å². The van der Waals surface area contributed by atoms with Gasteiger partial charge in [0, 0.05) is 0 Å². The lowest BCUT2D eigenvalue weighted by atomic mass is 10.2. The maximum absolute atomic E-state index is 11.0. The van der Waals surface area contributed by atoms with Gasteiger partial charge in [-0.25, -0.2) is 4.79 Å². The third kappa shape index (κ3) is 5.95. The number of hydrogen-bond acceptors (Lipinski definition) is 3. The van der Waals surface area contributed by atoms with Crippen LogP contribution in [-0.2, 0) is 9.53 Å². The van der Waals surface area contributed by atoms with E-state index in [0.717, 1.165) is 0 Å². The normalized spacial score (nSPS) is 13.2. The van der Waals surface area contributed by atoms with Crippen molar-refractivity contribution in [1.29, 1.82) is 0 Å². The Morgan fingerprint density at radius 2 is 1.85 bits per heavy atom. The molecule has 0 bridgehead atoms. The molecule has 0 saturated carbocycles. The van der Waals surface area contributed by atoms with Crippen LogP contribution in [0.2, 0.25) is 0 Å². The first kappa shape index (κ1) is 11.7. The van der Waals surface area contributed by atoms with Crippen LogP contribution in [0, 0.1) is 0 Å². The first-order valence-electron chi connectivity index (χ1n) is 3.97. The Kier molecular flexibility index (Phi) is 3.71. The second-order valence-corrected chi connectivity index (χ2v) is 3.73. The van der Waals surface area contributed by atoms with Crippen molar-refractivity contribution in [1.82, 2.24) is 11.1 Å². The summed E-state index contributed by atoms with van der Waals surface area (Å²) < 4.78 is 4.87. The molecule has 0 saturated heterocycles. The van der Waals surface area contributed by atoms with Crippen LogP contribution in [0.25, 0.3) is 0 Å². The average Bonchev–Trinajstić information content (AvgIpc) is 1.81. The van der Waals surface area contributed by atoms with Gasteiger partial charge in [0.15, 0.2) is 0 Å². The van der Waals surface area contributed by atoms with E-state index < -0.39 is 23.6 Å². The van der Waals surface area contributed by atoms with Crippen molar-refractivity contribution in [3.05, 3.63) is 0 Å². The Bertz CT molecular complexity index is 208. The summed E-state index contributed by atoms with van der Waals surface area (Å²) in [6.07, 6.45) is -0.680. The number of alkyl carbamates (subject to hydrolysis) is 1. The molecule has 2 amide bonds. The summed E-state index contributed by atoms with van der Waals surface area (Å²) in [7, 11) is 0. The molecule has 0 aliphatic rings. The molecule has 0 aliphatic heterocycles. The Morgan fingerprint density at radius 1 is 1.38 bits per heavy atom. The van der Waals surface area contributed by atoms with Gasteiger partial charge in [0.1, 0.15) is 11.6 Å². The SMILES string of the molecule is CC(NC(=O)OC(C)(C)C)C([NH])=O. The monoisotopic (exact) mass is 187 g/mol. The molecule has 1 radical (unpaired) electrons. The van der Waals surface area contributed by atoms with E-state index in [1.54, 1.807) is 20.8 Å². The molecule has 5 nitrogen and oxygen atoms in total. The van der Waals surface area contributed by atoms with Crippen molar-refractivity contribution >= 4 is 12.0 Å². The van der Waals surface area contributed by atoms with Gasteiger partial charge in [-0.3, -0.25) is 10.5 Å². The summed E-state index contributed by atoms with van der Waals surface area (Å²) in [4.78, 5) is 21.4. The highest BCUT2D eigenvalue weighted by Gasteiger charge is 2.19. The minimum Gasteiger partial charge on any atom is -0.444 e. The number of carbonyl (C=O) groups is 2. The van der Waals surface area contributed by atoms with E-state index in [9.17, 15) is 9.59 Å². The third-order valence-corrected chi connectivity index (χ3v) is 1.13. The summed E-state index contributed by atoms with van der Waals surface area (Å²) >= 11 is 0. The van der Waals surface area contributed by atoms with E-state index in [2.05, 4.69) is 5.32 Å². The van der Waals surface area contributed by atoms with Crippen molar-refractivity contribution in [2.24, 2.45) is 0 Å². The van der Waals surface area contributed by atoms with Gasteiger partial charge in [-0.2, -0.15) is 0 Å². The minimum atomic E-state index is -0.842. The summed E-state index contributed by atoms with van der Waals surface area (Å²) in [5.41, 5.74) is 6.11. The van der Waals surface area contributed by atoms with Crippen LogP contribution in [0.3, 0.4) is 0 Å². The molecule has 0 rings (SSSR count). The van der Waals surface area contributed by atoms with E-state index in [0.29, 0.717) is 0 Å². The first-order valence-corrected chi connectivity index (χ1v) is 3.97. The highest BCUT2D eigenvalue weighted by Crippen LogP contribution is 2.06. The van der Waals surface area contributed by atoms with Gasteiger partial charge < -0.3 is 10.1 Å². The molecular weight excluding hydrogens is 172 g/mol. The van der Waals surface area contributed by atoms with E-state index in [1.165, 1.54) is 6.92 Å². The van der Waals surface area contributed by atoms with Gasteiger partial charge in [-0.05, 0) is 27.7 Å². The molecular formula is C8H15N2O3. The number of amides is 2. The minimum absolute atomic E-state index is 0.588. The second-order valence-electron chi connectivity index (χ2n) is 3.73. The number of ether oxygens (including phenoxy) is 1. The van der Waals surface area contributed by atoms with Crippen molar-refractivity contribution in [2.75, 3.05) is 0 Å². The molecule has 0 aromatic carbocycles. The van der Waals surface area contributed by atoms with Gasteiger partial charge in [0.2, 0.25) is 0 Å². The summed E-state index contributed by atoms with van der Waals surface area (Å²) in [6.45, 7) is 6.60. The van der Waals surface area contributed by atoms with E-state index >= 15 is 0 Å². The number of nitrogens with one attached hydrogen (secondary N) is 2. The zero-order valence-corrected chi connectivity index (χ0v) is 8.30. The van der Waals surface area contributed by atoms with Crippen molar-refractivity contribution in [2.45, 2.75) is 39.3 Å². The molecule has 5 heteroatoms. The Morgan fingerprint density at radius 3 is 2.15 bits per heavy atom.